The number of nitrogens with zero attached hydrogens (tertiary/aromatic N) is 6. The van der Waals surface area contributed by atoms with Crippen LogP contribution in [0.25, 0.3) is 16.3 Å². The Hall–Kier alpha value is -7.90. The summed E-state index contributed by atoms with van der Waals surface area (Å²) in [5.74, 6) is -2.23. The van der Waals surface area contributed by atoms with Crippen molar-refractivity contribution in [2.24, 2.45) is 22.0 Å². The molecule has 0 radical (unpaired) electrons. The molecule has 12 rings (SSSR count). The SMILES string of the molecule is Cc1c(N2C(N3CCc4c(OCCC#P=O)ccc(C(=O)Nc5nc6ccccc6s5)c4C3)=CC=CC2C(=O)O)cnn1CC12CC3(C)CC(C)(C1)CC(OCCN(C)C(=O)OC/C=C/c1ccc(O[C@@H]4O[C@H](C(=O)O)[C@@H](O)[C@H](O)[C@H]4O)c(NC(=O)CCN)c1)(C3)C2. The molecule has 5 heterocycles. The van der Waals surface area contributed by atoms with E-state index in [9.17, 15) is 54.1 Å². The number of nitrogens with two attached hydrogens (primary N) is 1. The van der Waals surface area contributed by atoms with Crippen LogP contribution in [-0.2, 0) is 52.7 Å². The van der Waals surface area contributed by atoms with Gasteiger partial charge in [-0.1, -0.05) is 44.2 Å². The summed E-state index contributed by atoms with van der Waals surface area (Å²) in [5.41, 5.74) is 12.4. The first-order chi connectivity index (χ1) is 44.0. The number of rotatable bonds is 23. The molecule has 4 saturated carbocycles. The molecule has 27 heteroatoms. The number of aliphatic hydroxyl groups is 3. The quantitative estimate of drug-likeness (QED) is 0.0235. The number of nitrogens with one attached hydrogen (secondary N) is 2. The Morgan fingerprint density at radius 1 is 0.935 bits per heavy atom. The molecule has 25 nitrogen and oxygen atoms in total. The number of carbonyl (C=O) groups excluding carboxylic acids is 3. The van der Waals surface area contributed by atoms with E-state index in [0.29, 0.717) is 59.4 Å². The molecule has 1 saturated heterocycles. The van der Waals surface area contributed by atoms with E-state index in [0.717, 1.165) is 65.6 Å². The first-order valence-electron chi connectivity index (χ1n) is 30.6. The smallest absolute Gasteiger partial charge is 0.479 e. The van der Waals surface area contributed by atoms with Crippen molar-refractivity contribution in [3.8, 4) is 17.1 Å². The van der Waals surface area contributed by atoms with Crippen LogP contribution in [0, 0.1) is 28.8 Å². The number of allylic oxidation sites excluding steroid dienone is 2. The van der Waals surface area contributed by atoms with Gasteiger partial charge in [0.1, 0.15) is 30.7 Å². The Labute approximate surface area is 535 Å². The van der Waals surface area contributed by atoms with Gasteiger partial charge in [0.2, 0.25) is 12.2 Å². The van der Waals surface area contributed by atoms with Crippen molar-refractivity contribution in [2.45, 2.75) is 134 Å². The fourth-order valence-corrected chi connectivity index (χ4v) is 16.5. The molecule has 4 bridgehead atoms. The number of carboxylic acids is 2. The van der Waals surface area contributed by atoms with Gasteiger partial charge in [0.25, 0.3) is 0 Å². The van der Waals surface area contributed by atoms with Crippen molar-refractivity contribution >= 4 is 81.9 Å². The number of thiazole rings is 1. The van der Waals surface area contributed by atoms with E-state index in [1.54, 1.807) is 55.7 Å². The molecule has 4 aliphatic carbocycles. The van der Waals surface area contributed by atoms with Gasteiger partial charge in [0, 0.05) is 33.1 Å². The predicted octanol–water partition coefficient (Wildman–Crippen LogP) is 7.28. The van der Waals surface area contributed by atoms with Crippen LogP contribution in [0.4, 0.5) is 21.3 Å². The van der Waals surface area contributed by atoms with Gasteiger partial charge in [-0.2, -0.15) is 5.10 Å². The second kappa shape index (κ2) is 27.0. The number of fused-ring (bicyclic) bond motifs is 2. The van der Waals surface area contributed by atoms with Crippen molar-refractivity contribution in [2.75, 3.05) is 62.0 Å². The second-order valence-electron chi connectivity index (χ2n) is 25.7. The zero-order valence-corrected chi connectivity index (χ0v) is 53.2. The number of hydrogen-bond donors (Lipinski definition) is 8. The Balaban J connectivity index is 0.748. The number of amides is 3. The zero-order chi connectivity index (χ0) is 65.3. The maximum absolute atomic E-state index is 14.3. The number of hydrogen-bond acceptors (Lipinski definition) is 20. The molecule has 3 aromatic carbocycles. The fraction of sp³-hybridized carbons (Fsp3) is 0.477. The summed E-state index contributed by atoms with van der Waals surface area (Å²) in [7, 11) is 1.43. The third-order valence-electron chi connectivity index (χ3n) is 18.2. The molecule has 5 fully saturated rings. The number of benzene rings is 3. The Morgan fingerprint density at radius 3 is 2.45 bits per heavy atom. The second-order valence-corrected chi connectivity index (χ2v) is 27.2. The van der Waals surface area contributed by atoms with E-state index in [2.05, 4.69) is 40.0 Å². The molecule has 2 aromatic heterocycles. The zero-order valence-electron chi connectivity index (χ0n) is 51.5. The summed E-state index contributed by atoms with van der Waals surface area (Å²) >= 11 is 1.38. The number of likely N-dealkylation sites (N-methyl/N-ethyl adjacent to an activating group) is 1. The predicted molar refractivity (Wildman–Crippen MR) is 340 cm³/mol. The summed E-state index contributed by atoms with van der Waals surface area (Å²) in [6.45, 7) is 8.69. The van der Waals surface area contributed by atoms with Crippen molar-refractivity contribution in [1.82, 2.24) is 24.6 Å². The molecule has 488 valence electrons. The third kappa shape index (κ3) is 13.9. The average Bonchev–Trinajstić information content (AvgIpc) is 0.739. The van der Waals surface area contributed by atoms with Gasteiger partial charge in [-0.3, -0.25) is 9.48 Å². The van der Waals surface area contributed by atoms with Crippen LogP contribution in [0.1, 0.15) is 98.0 Å². The molecular formula is C65H76N9O16PS. The van der Waals surface area contributed by atoms with Crippen LogP contribution in [0.5, 0.6) is 11.5 Å². The minimum absolute atomic E-state index is 0.0320. The van der Waals surface area contributed by atoms with Crippen LogP contribution < -0.4 is 30.7 Å². The van der Waals surface area contributed by atoms with Crippen molar-refractivity contribution in [3.05, 3.63) is 119 Å². The molecule has 0 spiro atoms. The van der Waals surface area contributed by atoms with Crippen molar-refractivity contribution in [1.29, 1.82) is 0 Å². The summed E-state index contributed by atoms with van der Waals surface area (Å²) in [6.07, 6.45) is 6.70. The summed E-state index contributed by atoms with van der Waals surface area (Å²) in [4.78, 5) is 75.4. The number of aromatic nitrogens is 3. The standard InChI is InChI=1S/C65H76N9O16PS/c1-38-46(74-45(57(80)81)12-7-14-51(74)72-22-20-40-42(30-72)41(16-18-47(40)86-25-9-27-91-85)56(79)70-60-69-43-11-5-6-13-49(43)92-60)29-67-73(38)37-64-32-62(2)31-63(3,33-64)35-65(34-62,36-64)88-26-23-71(4)61(84)87-24-8-10-39-15-17-48(44(28-39)68-50(75)19-21-66)89-59-54(78)52(76)53(77)55(90-59)58(82)83/h5-8,10-18,28-29,45,52-55,59,76-78H,9,19-26,30-37,66H2,1-4H3,(H,68,75)(H,80,81)(H,82,83)(H,69,70,79)/b10-8+/t45?,52-,53-,54+,55-,59+,62?,63?,64?,65?/m0/s1. The molecule has 92 heavy (non-hydrogen) atoms. The van der Waals surface area contributed by atoms with E-state index in [1.807, 2.05) is 46.8 Å². The average molecular weight is 1300 g/mol. The molecule has 3 amide bonds. The Kier molecular flexibility index (Phi) is 19.2. The number of para-hydroxylation sites is 1. The third-order valence-corrected chi connectivity index (χ3v) is 19.5. The van der Waals surface area contributed by atoms with E-state index in [-0.39, 0.29) is 87.4 Å². The number of anilines is 3. The minimum atomic E-state index is -1.93. The molecule has 3 unspecified atom stereocenters. The van der Waals surface area contributed by atoms with Gasteiger partial charge in [-0.15, -0.1) is 0 Å². The van der Waals surface area contributed by atoms with Gasteiger partial charge in [0.15, 0.2) is 6.10 Å². The Morgan fingerprint density at radius 2 is 1.71 bits per heavy atom. The van der Waals surface area contributed by atoms with Gasteiger partial charge >= 0.3 is 185 Å². The van der Waals surface area contributed by atoms with Crippen LogP contribution in [0.15, 0.2) is 90.9 Å². The first-order valence-corrected chi connectivity index (χ1v) is 32.2. The molecule has 3 aliphatic heterocycles. The first kappa shape index (κ1) is 65.6. The molecule has 9 N–H and O–H groups in total. The number of carboxylic acid groups (broad SMARTS) is 2. The van der Waals surface area contributed by atoms with Gasteiger partial charge in [-0.25, -0.2) is 14.4 Å². The maximum atomic E-state index is 14.3. The monoisotopic (exact) mass is 1300 g/mol. The molecule has 7 aliphatic rings. The van der Waals surface area contributed by atoms with Crippen LogP contribution in [0.2, 0.25) is 0 Å². The van der Waals surface area contributed by atoms with E-state index in [4.69, 9.17) is 34.5 Å². The molecule has 8 atom stereocenters. The van der Waals surface area contributed by atoms with Gasteiger partial charge in [0.05, 0.1) is 40.0 Å². The van der Waals surface area contributed by atoms with Crippen molar-refractivity contribution in [3.63, 3.8) is 0 Å². The minimum Gasteiger partial charge on any atom is -0.479 e. The van der Waals surface area contributed by atoms with Crippen LogP contribution in [-0.4, -0.2) is 169 Å². The fourth-order valence-electron chi connectivity index (χ4n) is 15.5. The van der Waals surface area contributed by atoms with Crippen LogP contribution >= 0.6 is 19.3 Å². The normalized spacial score (nSPS) is 27.1. The number of aliphatic carboxylic acids is 2. The molecular weight excluding hydrogens is 1230 g/mol. The number of aliphatic hydroxyl groups excluding tert-OH is 3. The summed E-state index contributed by atoms with van der Waals surface area (Å²) in [6, 6.07) is 14.7. The number of ether oxygens (including phenoxy) is 5. The Bertz CT molecular complexity index is 3840. The summed E-state index contributed by atoms with van der Waals surface area (Å²) in [5, 5.41) is 62.6. The van der Waals surface area contributed by atoms with Crippen molar-refractivity contribution < 1.29 is 77.8 Å². The molecule has 5 aromatic rings. The van der Waals surface area contributed by atoms with E-state index in [1.165, 1.54) is 28.4 Å². The van der Waals surface area contributed by atoms with E-state index < -0.39 is 66.3 Å². The summed E-state index contributed by atoms with van der Waals surface area (Å²) < 4.78 is 43.9. The topological polar surface area (TPSA) is 340 Å². The number of carbonyl (C=O) groups is 5. The van der Waals surface area contributed by atoms with Crippen LogP contribution in [0.3, 0.4) is 0 Å². The van der Waals surface area contributed by atoms with Gasteiger partial charge < -0.3 is 60.4 Å². The van der Waals surface area contributed by atoms with E-state index >= 15 is 0 Å². The van der Waals surface area contributed by atoms with Gasteiger partial charge in [-0.05, 0) is 97.6 Å².